The third-order valence-electron chi connectivity index (χ3n) is 1.78. The molecule has 1 unspecified atom stereocenters. The van der Waals surface area contributed by atoms with Crippen molar-refractivity contribution < 1.29 is 9.53 Å². The number of ether oxygens (including phenoxy) is 1. The molecule has 0 amide bonds. The minimum atomic E-state index is -1.41. The second-order valence-electron chi connectivity index (χ2n) is 2.54. The first-order valence-corrected chi connectivity index (χ1v) is 3.60. The van der Waals surface area contributed by atoms with E-state index >= 15 is 0 Å². The molecule has 0 saturated carbocycles. The van der Waals surface area contributed by atoms with E-state index < -0.39 is 5.72 Å². The van der Waals surface area contributed by atoms with Gasteiger partial charge < -0.3 is 10.1 Å². The number of amidine groups is 1. The number of nitrogens with zero attached hydrogens (tertiary/aromatic N) is 1. The molecule has 12 heavy (non-hydrogen) atoms. The van der Waals surface area contributed by atoms with E-state index in [2.05, 4.69) is 10.3 Å². The van der Waals surface area contributed by atoms with Crippen LogP contribution in [0.15, 0.2) is 4.99 Å². The zero-order chi connectivity index (χ0) is 9.19. The number of methoxy groups -OCH3 is 1. The number of hydrogen-bond donors (Lipinski definition) is 2. The first-order valence-electron chi connectivity index (χ1n) is 3.60. The standard InChI is InChI=1S/C7H12N3O2/c1-5(11)7(8,12-2)6-9-3-4-10-6/h3H,4,8H2,1-2H3,(H,9,10). The van der Waals surface area contributed by atoms with Crippen molar-refractivity contribution in [2.45, 2.75) is 12.6 Å². The Morgan fingerprint density at radius 1 is 1.92 bits per heavy atom. The van der Waals surface area contributed by atoms with Crippen LogP contribution in [0.3, 0.4) is 0 Å². The van der Waals surface area contributed by atoms with Crippen molar-refractivity contribution in [1.29, 1.82) is 0 Å². The molecule has 1 rings (SSSR count). The Morgan fingerprint density at radius 2 is 2.58 bits per heavy atom. The number of hydrogen-bond acceptors (Lipinski definition) is 5. The first-order chi connectivity index (χ1) is 5.61. The summed E-state index contributed by atoms with van der Waals surface area (Å²) in [6, 6.07) is 0. The Morgan fingerprint density at radius 3 is 2.92 bits per heavy atom. The summed E-state index contributed by atoms with van der Waals surface area (Å²) in [7, 11) is 1.38. The molecule has 0 bridgehead atoms. The highest BCUT2D eigenvalue weighted by Crippen LogP contribution is 2.08. The molecule has 0 saturated heterocycles. The topological polar surface area (TPSA) is 76.7 Å². The monoisotopic (exact) mass is 170 g/mol. The highest BCUT2D eigenvalue weighted by Gasteiger charge is 2.38. The molecule has 5 nitrogen and oxygen atoms in total. The predicted octanol–water partition coefficient (Wildman–Crippen LogP) is -0.960. The maximum Gasteiger partial charge on any atom is 0.234 e. The summed E-state index contributed by atoms with van der Waals surface area (Å²) < 4.78 is 4.90. The lowest BCUT2D eigenvalue weighted by Crippen LogP contribution is -2.59. The molecule has 0 aromatic carbocycles. The number of aliphatic imine (C=N–C) groups is 1. The zero-order valence-electron chi connectivity index (χ0n) is 7.13. The minimum absolute atomic E-state index is 0.272. The molecule has 0 fully saturated rings. The Bertz CT molecular complexity index is 227. The molecule has 1 atom stereocenters. The molecule has 0 spiro atoms. The second-order valence-corrected chi connectivity index (χ2v) is 2.54. The Hall–Kier alpha value is -0.940. The fourth-order valence-corrected chi connectivity index (χ4v) is 0.959. The summed E-state index contributed by atoms with van der Waals surface area (Å²) in [6.07, 6.45) is 0. The van der Waals surface area contributed by atoms with Crippen LogP contribution in [0.1, 0.15) is 6.92 Å². The van der Waals surface area contributed by atoms with Crippen LogP contribution in [0.4, 0.5) is 0 Å². The molecule has 3 N–H and O–H groups in total. The van der Waals surface area contributed by atoms with Gasteiger partial charge in [0.05, 0.1) is 6.54 Å². The number of nitrogens with two attached hydrogens (primary N) is 1. The summed E-state index contributed by atoms with van der Waals surface area (Å²) in [5.74, 6) is 0.101. The van der Waals surface area contributed by atoms with E-state index in [0.717, 1.165) is 0 Å². The molecule has 1 heterocycles. The lowest BCUT2D eigenvalue weighted by atomic mass is 10.1. The summed E-state index contributed by atoms with van der Waals surface area (Å²) >= 11 is 0. The van der Waals surface area contributed by atoms with Crippen molar-refractivity contribution in [3.8, 4) is 0 Å². The van der Waals surface area contributed by atoms with Gasteiger partial charge in [-0.3, -0.25) is 15.5 Å². The van der Waals surface area contributed by atoms with Gasteiger partial charge in [-0.15, -0.1) is 0 Å². The van der Waals surface area contributed by atoms with E-state index in [9.17, 15) is 4.79 Å². The van der Waals surface area contributed by atoms with Gasteiger partial charge in [0.15, 0.2) is 11.6 Å². The van der Waals surface area contributed by atoms with E-state index in [1.165, 1.54) is 14.0 Å². The Labute approximate surface area is 71.0 Å². The van der Waals surface area contributed by atoms with Crippen molar-refractivity contribution >= 4 is 11.6 Å². The molecule has 1 radical (unpaired) electrons. The average Bonchev–Trinajstić information content (AvgIpc) is 2.54. The summed E-state index contributed by atoms with van der Waals surface area (Å²) in [4.78, 5) is 15.0. The van der Waals surface area contributed by atoms with E-state index in [-0.39, 0.29) is 5.78 Å². The van der Waals surface area contributed by atoms with Gasteiger partial charge in [-0.25, -0.2) is 0 Å². The third-order valence-corrected chi connectivity index (χ3v) is 1.78. The van der Waals surface area contributed by atoms with Crippen molar-refractivity contribution in [3.05, 3.63) is 6.54 Å². The van der Waals surface area contributed by atoms with Crippen LogP contribution >= 0.6 is 0 Å². The van der Waals surface area contributed by atoms with Crippen molar-refractivity contribution in [3.63, 3.8) is 0 Å². The zero-order valence-corrected chi connectivity index (χ0v) is 7.13. The van der Waals surface area contributed by atoms with Crippen molar-refractivity contribution in [1.82, 2.24) is 5.32 Å². The van der Waals surface area contributed by atoms with Gasteiger partial charge in [0.2, 0.25) is 5.72 Å². The number of nitrogens with one attached hydrogen (secondary N) is 1. The average molecular weight is 170 g/mol. The fraction of sp³-hybridized carbons (Fsp3) is 0.571. The number of ketones is 1. The number of carbonyl (C=O) groups excluding carboxylic acids is 1. The van der Waals surface area contributed by atoms with Crippen LogP contribution < -0.4 is 11.1 Å². The van der Waals surface area contributed by atoms with Crippen LogP contribution in [0, 0.1) is 6.54 Å². The molecular formula is C7H12N3O2. The van der Waals surface area contributed by atoms with Crippen molar-refractivity contribution in [2.24, 2.45) is 10.7 Å². The Kier molecular flexibility index (Phi) is 2.44. The van der Waals surface area contributed by atoms with Crippen LogP contribution in [0.5, 0.6) is 0 Å². The summed E-state index contributed by atoms with van der Waals surface area (Å²) in [6.45, 7) is 3.59. The smallest absolute Gasteiger partial charge is 0.234 e. The molecule has 1 aliphatic rings. The largest absolute Gasteiger partial charge is 0.368 e. The minimum Gasteiger partial charge on any atom is -0.368 e. The van der Waals surface area contributed by atoms with Gasteiger partial charge >= 0.3 is 0 Å². The SMILES string of the molecule is COC(N)(C(C)=O)C1=N[CH]CN1. The van der Waals surface area contributed by atoms with E-state index in [1.54, 1.807) is 6.54 Å². The molecule has 0 aromatic heterocycles. The maximum atomic E-state index is 11.1. The Balaban J connectivity index is 2.85. The van der Waals surface area contributed by atoms with Crippen LogP contribution in [0.25, 0.3) is 0 Å². The molecule has 1 aliphatic heterocycles. The highest BCUT2D eigenvalue weighted by molar-refractivity contribution is 6.11. The molecular weight excluding hydrogens is 158 g/mol. The molecule has 0 aliphatic carbocycles. The first kappa shape index (κ1) is 9.15. The number of Topliss-reactive ketones (excluding diaryl/α,β-unsaturated/α-hetero) is 1. The van der Waals surface area contributed by atoms with Gasteiger partial charge in [-0.1, -0.05) is 0 Å². The molecule has 67 valence electrons. The van der Waals surface area contributed by atoms with Gasteiger partial charge in [-0.05, 0) is 6.92 Å². The van der Waals surface area contributed by atoms with Crippen LogP contribution in [-0.2, 0) is 9.53 Å². The van der Waals surface area contributed by atoms with Gasteiger partial charge in [0.1, 0.15) is 0 Å². The molecule has 5 heteroatoms. The summed E-state index contributed by atoms with van der Waals surface area (Å²) in [5, 5.41) is 2.85. The lowest BCUT2D eigenvalue weighted by Gasteiger charge is -2.24. The van der Waals surface area contributed by atoms with Gasteiger partial charge in [0.25, 0.3) is 0 Å². The van der Waals surface area contributed by atoms with E-state index in [4.69, 9.17) is 10.5 Å². The van der Waals surface area contributed by atoms with E-state index in [0.29, 0.717) is 12.4 Å². The normalized spacial score (nSPS) is 21.1. The summed E-state index contributed by atoms with van der Waals surface area (Å²) in [5.41, 5.74) is 4.25. The second kappa shape index (κ2) is 3.20. The third kappa shape index (κ3) is 1.33. The van der Waals surface area contributed by atoms with E-state index in [1.807, 2.05) is 0 Å². The van der Waals surface area contributed by atoms with Crippen molar-refractivity contribution in [2.75, 3.05) is 13.7 Å². The van der Waals surface area contributed by atoms with Gasteiger partial charge in [-0.2, -0.15) is 0 Å². The predicted molar refractivity (Wildman–Crippen MR) is 44.3 cm³/mol. The fourth-order valence-electron chi connectivity index (χ4n) is 0.959. The van der Waals surface area contributed by atoms with Crippen LogP contribution in [0.2, 0.25) is 0 Å². The number of rotatable bonds is 3. The quantitative estimate of drug-likeness (QED) is 0.535. The van der Waals surface area contributed by atoms with Crippen LogP contribution in [-0.4, -0.2) is 31.0 Å². The number of carbonyl (C=O) groups is 1. The highest BCUT2D eigenvalue weighted by atomic mass is 16.5. The van der Waals surface area contributed by atoms with Gasteiger partial charge in [0, 0.05) is 13.7 Å². The molecule has 0 aromatic rings. The lowest BCUT2D eigenvalue weighted by molar-refractivity contribution is -0.131. The maximum absolute atomic E-state index is 11.1.